The van der Waals surface area contributed by atoms with Crippen molar-refractivity contribution in [1.29, 1.82) is 0 Å². The van der Waals surface area contributed by atoms with Crippen molar-refractivity contribution in [2.75, 3.05) is 12.8 Å². The van der Waals surface area contributed by atoms with Crippen molar-refractivity contribution >= 4 is 11.7 Å². The largest absolute Gasteiger partial charge is 0.469 e. The number of benzene rings is 1. The molecule has 1 aromatic carbocycles. The number of esters is 1. The van der Waals surface area contributed by atoms with Crippen LogP contribution in [0, 0.1) is 12.8 Å². The van der Waals surface area contributed by atoms with E-state index in [2.05, 4.69) is 0 Å². The lowest BCUT2D eigenvalue weighted by Gasteiger charge is -2.07. The van der Waals surface area contributed by atoms with E-state index in [0.717, 1.165) is 17.7 Å². The van der Waals surface area contributed by atoms with Gasteiger partial charge in [-0.2, -0.15) is 0 Å². The average molecular weight is 205 g/mol. The van der Waals surface area contributed by atoms with Crippen molar-refractivity contribution in [3.63, 3.8) is 0 Å². The Kier molecular flexibility index (Phi) is 2.39. The van der Waals surface area contributed by atoms with Crippen molar-refractivity contribution < 1.29 is 9.53 Å². The number of anilines is 1. The number of rotatable bonds is 2. The molecule has 15 heavy (non-hydrogen) atoms. The molecular formula is C12H15NO2. The SMILES string of the molecule is COC(=O)C1CC1c1cccc(N)c1C. The highest BCUT2D eigenvalue weighted by Gasteiger charge is 2.45. The molecule has 1 aliphatic carbocycles. The summed E-state index contributed by atoms with van der Waals surface area (Å²) in [5, 5.41) is 0. The van der Waals surface area contributed by atoms with E-state index in [-0.39, 0.29) is 11.9 Å². The van der Waals surface area contributed by atoms with Gasteiger partial charge in [-0.1, -0.05) is 12.1 Å². The van der Waals surface area contributed by atoms with E-state index >= 15 is 0 Å². The molecule has 80 valence electrons. The van der Waals surface area contributed by atoms with Crippen molar-refractivity contribution in [3.8, 4) is 0 Å². The smallest absolute Gasteiger partial charge is 0.309 e. The van der Waals surface area contributed by atoms with Crippen LogP contribution in [0.4, 0.5) is 5.69 Å². The van der Waals surface area contributed by atoms with Crippen molar-refractivity contribution in [1.82, 2.24) is 0 Å². The van der Waals surface area contributed by atoms with Crippen LogP contribution in [0.25, 0.3) is 0 Å². The van der Waals surface area contributed by atoms with E-state index in [1.165, 1.54) is 12.7 Å². The highest BCUT2D eigenvalue weighted by atomic mass is 16.5. The minimum atomic E-state index is -0.109. The first-order valence-electron chi connectivity index (χ1n) is 5.08. The second kappa shape index (κ2) is 3.57. The molecule has 2 rings (SSSR count). The van der Waals surface area contributed by atoms with Crippen LogP contribution in [0.5, 0.6) is 0 Å². The second-order valence-electron chi connectivity index (χ2n) is 4.03. The summed E-state index contributed by atoms with van der Waals surface area (Å²) in [5.41, 5.74) is 8.90. The van der Waals surface area contributed by atoms with E-state index in [0.29, 0.717) is 5.92 Å². The number of carbonyl (C=O) groups excluding carboxylic acids is 1. The van der Waals surface area contributed by atoms with Gasteiger partial charge in [-0.25, -0.2) is 0 Å². The number of methoxy groups -OCH3 is 1. The Bertz CT molecular complexity index is 401. The number of nitrogens with two attached hydrogens (primary N) is 1. The van der Waals surface area contributed by atoms with Crippen LogP contribution < -0.4 is 5.73 Å². The van der Waals surface area contributed by atoms with Gasteiger partial charge in [-0.3, -0.25) is 4.79 Å². The van der Waals surface area contributed by atoms with Gasteiger partial charge >= 0.3 is 5.97 Å². The van der Waals surface area contributed by atoms with Crippen LogP contribution in [-0.4, -0.2) is 13.1 Å². The van der Waals surface area contributed by atoms with Crippen molar-refractivity contribution in [2.24, 2.45) is 5.92 Å². The second-order valence-corrected chi connectivity index (χ2v) is 4.03. The summed E-state index contributed by atoms with van der Waals surface area (Å²) in [6, 6.07) is 5.86. The summed E-state index contributed by atoms with van der Waals surface area (Å²) >= 11 is 0. The topological polar surface area (TPSA) is 52.3 Å². The van der Waals surface area contributed by atoms with Crippen LogP contribution in [-0.2, 0) is 9.53 Å². The molecule has 0 radical (unpaired) electrons. The van der Waals surface area contributed by atoms with Crippen LogP contribution in [0.15, 0.2) is 18.2 Å². The van der Waals surface area contributed by atoms with E-state index in [4.69, 9.17) is 10.5 Å². The highest BCUT2D eigenvalue weighted by molar-refractivity contribution is 5.77. The van der Waals surface area contributed by atoms with Gasteiger partial charge in [0.05, 0.1) is 13.0 Å². The van der Waals surface area contributed by atoms with Gasteiger partial charge in [-0.05, 0) is 36.5 Å². The fourth-order valence-electron chi connectivity index (χ4n) is 2.02. The highest BCUT2D eigenvalue weighted by Crippen LogP contribution is 2.49. The summed E-state index contributed by atoms with van der Waals surface area (Å²) in [4.78, 5) is 11.3. The Morgan fingerprint density at radius 2 is 2.27 bits per heavy atom. The van der Waals surface area contributed by atoms with E-state index in [9.17, 15) is 4.79 Å². The lowest BCUT2D eigenvalue weighted by molar-refractivity contribution is -0.142. The van der Waals surface area contributed by atoms with Crippen molar-refractivity contribution in [2.45, 2.75) is 19.3 Å². The standard InChI is InChI=1S/C12H15NO2/c1-7-8(4-3-5-11(7)13)9-6-10(9)12(14)15-2/h3-5,9-10H,6,13H2,1-2H3. The molecule has 1 saturated carbocycles. The minimum absolute atomic E-state index is 0.0375. The van der Waals surface area contributed by atoms with Crippen LogP contribution in [0.2, 0.25) is 0 Å². The molecule has 1 aliphatic rings. The average Bonchev–Trinajstić information content (AvgIpc) is 3.01. The lowest BCUT2D eigenvalue weighted by atomic mass is 10.0. The molecule has 0 bridgehead atoms. The van der Waals surface area contributed by atoms with Gasteiger partial charge < -0.3 is 10.5 Å². The zero-order valence-electron chi connectivity index (χ0n) is 8.99. The number of hydrogen-bond acceptors (Lipinski definition) is 3. The summed E-state index contributed by atoms with van der Waals surface area (Å²) in [6.45, 7) is 2.00. The molecule has 1 fully saturated rings. The van der Waals surface area contributed by atoms with E-state index < -0.39 is 0 Å². The Morgan fingerprint density at radius 3 is 2.93 bits per heavy atom. The Labute approximate surface area is 89.2 Å². The molecule has 0 saturated heterocycles. The minimum Gasteiger partial charge on any atom is -0.469 e. The van der Waals surface area contributed by atoms with Gasteiger partial charge in [-0.15, -0.1) is 0 Å². The first-order chi connectivity index (χ1) is 7.15. The molecule has 0 amide bonds. The molecule has 2 N–H and O–H groups in total. The third-order valence-electron chi connectivity index (χ3n) is 3.11. The lowest BCUT2D eigenvalue weighted by Crippen LogP contribution is -2.04. The number of hydrogen-bond donors (Lipinski definition) is 1. The molecule has 0 aromatic heterocycles. The molecule has 0 aliphatic heterocycles. The molecule has 3 heteroatoms. The van der Waals surface area contributed by atoms with Gasteiger partial charge in [0.25, 0.3) is 0 Å². The zero-order chi connectivity index (χ0) is 11.0. The fraction of sp³-hybridized carbons (Fsp3) is 0.417. The van der Waals surface area contributed by atoms with Gasteiger partial charge in [0.15, 0.2) is 0 Å². The first kappa shape index (κ1) is 10.0. The molecule has 2 unspecified atom stereocenters. The summed E-state index contributed by atoms with van der Waals surface area (Å²) in [7, 11) is 1.43. The normalized spacial score (nSPS) is 23.6. The monoisotopic (exact) mass is 205 g/mol. The summed E-state index contributed by atoms with van der Waals surface area (Å²) in [6.07, 6.45) is 0.886. The maximum Gasteiger partial charge on any atom is 0.309 e. The predicted molar refractivity (Wildman–Crippen MR) is 58.5 cm³/mol. The van der Waals surface area contributed by atoms with Crippen molar-refractivity contribution in [3.05, 3.63) is 29.3 Å². The number of nitrogen functional groups attached to an aromatic ring is 1. The molecule has 3 nitrogen and oxygen atoms in total. The van der Waals surface area contributed by atoms with Crippen LogP contribution in [0.1, 0.15) is 23.5 Å². The maximum atomic E-state index is 11.3. The molecule has 1 aromatic rings. The van der Waals surface area contributed by atoms with Crippen LogP contribution in [0.3, 0.4) is 0 Å². The fourth-order valence-corrected chi connectivity index (χ4v) is 2.02. The predicted octanol–water partition coefficient (Wildman–Crippen LogP) is 1.85. The summed E-state index contributed by atoms with van der Waals surface area (Å²) in [5.74, 6) is 0.235. The first-order valence-corrected chi connectivity index (χ1v) is 5.08. The third kappa shape index (κ3) is 1.69. The quantitative estimate of drug-likeness (QED) is 0.592. The third-order valence-corrected chi connectivity index (χ3v) is 3.11. The van der Waals surface area contributed by atoms with E-state index in [1.54, 1.807) is 0 Å². The zero-order valence-corrected chi connectivity index (χ0v) is 8.99. The number of carbonyl (C=O) groups is 1. The van der Waals surface area contributed by atoms with Crippen LogP contribution >= 0.6 is 0 Å². The Balaban J connectivity index is 2.20. The van der Waals surface area contributed by atoms with Gasteiger partial charge in [0, 0.05) is 5.69 Å². The number of ether oxygens (including phenoxy) is 1. The summed E-state index contributed by atoms with van der Waals surface area (Å²) < 4.78 is 4.73. The van der Waals surface area contributed by atoms with Gasteiger partial charge in [0.2, 0.25) is 0 Å². The van der Waals surface area contributed by atoms with Gasteiger partial charge in [0.1, 0.15) is 0 Å². The Morgan fingerprint density at radius 1 is 1.53 bits per heavy atom. The molecule has 0 spiro atoms. The van der Waals surface area contributed by atoms with E-state index in [1.807, 2.05) is 25.1 Å². The molecular weight excluding hydrogens is 190 g/mol. The maximum absolute atomic E-state index is 11.3. The molecule has 0 heterocycles. The molecule has 2 atom stereocenters. The Hall–Kier alpha value is -1.51.